The fourth-order valence-corrected chi connectivity index (χ4v) is 2.55. The standard InChI is InChI=1S/C17H17N3O5/c1-24-13-10-20(12-6-3-2-4-7-12)18-16(13)17(23)25-11-15(22)19-9-5-8-14(19)21/h2-4,6-7,10H,5,8-9,11H2,1H3. The Kier molecular flexibility index (Phi) is 4.78. The summed E-state index contributed by atoms with van der Waals surface area (Å²) in [6.45, 7) is -0.146. The van der Waals surface area contributed by atoms with Crippen LogP contribution < -0.4 is 4.74 Å². The molecule has 8 heteroatoms. The second-order valence-electron chi connectivity index (χ2n) is 5.45. The number of carbonyl (C=O) groups excluding carboxylic acids is 3. The molecule has 2 aromatic rings. The van der Waals surface area contributed by atoms with Gasteiger partial charge in [0.25, 0.3) is 5.91 Å². The molecule has 0 unspecified atom stereocenters. The first-order chi connectivity index (χ1) is 12.1. The zero-order chi connectivity index (χ0) is 17.8. The highest BCUT2D eigenvalue weighted by Gasteiger charge is 2.28. The first-order valence-electron chi connectivity index (χ1n) is 7.79. The number of carbonyl (C=O) groups is 3. The number of esters is 1. The van der Waals surface area contributed by atoms with Crippen LogP contribution in [0.15, 0.2) is 36.5 Å². The Balaban J connectivity index is 1.70. The third-order valence-corrected chi connectivity index (χ3v) is 3.82. The Morgan fingerprint density at radius 2 is 2.00 bits per heavy atom. The topological polar surface area (TPSA) is 90.7 Å². The number of hydrogen-bond acceptors (Lipinski definition) is 6. The van der Waals surface area contributed by atoms with Gasteiger partial charge in [-0.05, 0) is 18.6 Å². The van der Waals surface area contributed by atoms with Gasteiger partial charge in [0.2, 0.25) is 11.6 Å². The van der Waals surface area contributed by atoms with E-state index in [0.717, 1.165) is 10.6 Å². The fourth-order valence-electron chi connectivity index (χ4n) is 2.55. The molecule has 0 N–H and O–H groups in total. The molecule has 8 nitrogen and oxygen atoms in total. The molecule has 0 bridgehead atoms. The molecule has 25 heavy (non-hydrogen) atoms. The summed E-state index contributed by atoms with van der Waals surface area (Å²) in [6, 6.07) is 9.19. The smallest absolute Gasteiger partial charge is 0.363 e. The highest BCUT2D eigenvalue weighted by Crippen LogP contribution is 2.20. The van der Waals surface area contributed by atoms with Crippen molar-refractivity contribution in [1.82, 2.24) is 14.7 Å². The largest absolute Gasteiger partial charge is 0.493 e. The van der Waals surface area contributed by atoms with Crippen LogP contribution in [0.5, 0.6) is 5.75 Å². The molecule has 1 aliphatic rings. The lowest BCUT2D eigenvalue weighted by molar-refractivity contribution is -0.143. The maximum Gasteiger partial charge on any atom is 0.363 e. The maximum atomic E-state index is 12.2. The van der Waals surface area contributed by atoms with E-state index in [1.807, 2.05) is 30.3 Å². The zero-order valence-corrected chi connectivity index (χ0v) is 13.7. The molecule has 3 rings (SSSR count). The summed E-state index contributed by atoms with van der Waals surface area (Å²) in [5, 5.41) is 4.17. The van der Waals surface area contributed by atoms with Gasteiger partial charge in [-0.3, -0.25) is 14.5 Å². The second-order valence-corrected chi connectivity index (χ2v) is 5.45. The van der Waals surface area contributed by atoms with Gasteiger partial charge < -0.3 is 9.47 Å². The van der Waals surface area contributed by atoms with E-state index in [1.165, 1.54) is 11.8 Å². The molecule has 2 heterocycles. The molecule has 1 aromatic carbocycles. The summed E-state index contributed by atoms with van der Waals surface area (Å²) >= 11 is 0. The van der Waals surface area contributed by atoms with E-state index in [2.05, 4.69) is 5.10 Å². The van der Waals surface area contributed by atoms with E-state index in [1.54, 1.807) is 6.20 Å². The fraction of sp³-hybridized carbons (Fsp3) is 0.294. The highest BCUT2D eigenvalue weighted by atomic mass is 16.5. The number of ether oxygens (including phenoxy) is 2. The van der Waals surface area contributed by atoms with Gasteiger partial charge in [0.15, 0.2) is 12.4 Å². The minimum absolute atomic E-state index is 0.0353. The summed E-state index contributed by atoms with van der Waals surface area (Å²) in [4.78, 5) is 36.8. The van der Waals surface area contributed by atoms with Gasteiger partial charge in [0.05, 0.1) is 19.0 Å². The molecule has 0 radical (unpaired) electrons. The monoisotopic (exact) mass is 343 g/mol. The minimum atomic E-state index is -0.786. The number of imide groups is 1. The van der Waals surface area contributed by atoms with Crippen LogP contribution in [0.1, 0.15) is 23.3 Å². The van der Waals surface area contributed by atoms with Crippen LogP contribution in [0.25, 0.3) is 5.69 Å². The molecule has 0 saturated carbocycles. The van der Waals surface area contributed by atoms with Crippen molar-refractivity contribution >= 4 is 17.8 Å². The number of aromatic nitrogens is 2. The van der Waals surface area contributed by atoms with Crippen molar-refractivity contribution in [3.05, 3.63) is 42.2 Å². The third kappa shape index (κ3) is 3.52. The van der Waals surface area contributed by atoms with Gasteiger partial charge in [-0.2, -0.15) is 5.10 Å². The Morgan fingerprint density at radius 1 is 1.24 bits per heavy atom. The first kappa shape index (κ1) is 16.7. The number of nitrogens with zero attached hydrogens (tertiary/aromatic N) is 3. The van der Waals surface area contributed by atoms with Crippen molar-refractivity contribution in [2.45, 2.75) is 12.8 Å². The van der Waals surface area contributed by atoms with E-state index in [-0.39, 0.29) is 17.4 Å². The number of rotatable bonds is 5. The molecule has 1 fully saturated rings. The van der Waals surface area contributed by atoms with Crippen LogP contribution in [0.2, 0.25) is 0 Å². The van der Waals surface area contributed by atoms with Crippen molar-refractivity contribution in [3.63, 3.8) is 0 Å². The molecule has 0 spiro atoms. The second kappa shape index (κ2) is 7.16. The van der Waals surface area contributed by atoms with E-state index in [4.69, 9.17) is 9.47 Å². The number of para-hydroxylation sites is 1. The molecule has 130 valence electrons. The van der Waals surface area contributed by atoms with E-state index < -0.39 is 18.5 Å². The Bertz CT molecular complexity index is 800. The van der Waals surface area contributed by atoms with Gasteiger partial charge in [0.1, 0.15) is 0 Å². The van der Waals surface area contributed by atoms with Gasteiger partial charge >= 0.3 is 5.97 Å². The molecular formula is C17H17N3O5. The predicted molar refractivity (Wildman–Crippen MR) is 86.4 cm³/mol. The number of hydrogen-bond donors (Lipinski definition) is 0. The van der Waals surface area contributed by atoms with Crippen LogP contribution in [0.3, 0.4) is 0 Å². The quantitative estimate of drug-likeness (QED) is 0.758. The lowest BCUT2D eigenvalue weighted by Crippen LogP contribution is -2.35. The summed E-state index contributed by atoms with van der Waals surface area (Å²) in [5.41, 5.74) is 0.713. The molecule has 2 amide bonds. The molecule has 1 aliphatic heterocycles. The molecule has 1 saturated heterocycles. The van der Waals surface area contributed by atoms with E-state index in [9.17, 15) is 14.4 Å². The van der Waals surface area contributed by atoms with Crippen LogP contribution in [-0.2, 0) is 14.3 Å². The number of likely N-dealkylation sites (tertiary alicyclic amines) is 1. The number of amides is 2. The Morgan fingerprint density at radius 3 is 2.64 bits per heavy atom. The summed E-state index contributed by atoms with van der Waals surface area (Å²) in [6.07, 6.45) is 2.53. The molecule has 0 atom stereocenters. The predicted octanol–water partition coefficient (Wildman–Crippen LogP) is 1.19. The lowest BCUT2D eigenvalue weighted by Gasteiger charge is -2.13. The molecular weight excluding hydrogens is 326 g/mol. The van der Waals surface area contributed by atoms with Crippen molar-refractivity contribution in [2.75, 3.05) is 20.3 Å². The maximum absolute atomic E-state index is 12.2. The normalized spacial score (nSPS) is 13.8. The molecule has 1 aromatic heterocycles. The van der Waals surface area contributed by atoms with E-state index >= 15 is 0 Å². The van der Waals surface area contributed by atoms with Crippen LogP contribution in [-0.4, -0.2) is 52.7 Å². The lowest BCUT2D eigenvalue weighted by atomic mass is 10.3. The first-order valence-corrected chi connectivity index (χ1v) is 7.79. The number of methoxy groups -OCH3 is 1. The number of benzene rings is 1. The van der Waals surface area contributed by atoms with Gasteiger partial charge in [-0.15, -0.1) is 0 Å². The average molecular weight is 343 g/mol. The van der Waals surface area contributed by atoms with Crippen LogP contribution in [0, 0.1) is 0 Å². The minimum Gasteiger partial charge on any atom is -0.493 e. The van der Waals surface area contributed by atoms with Crippen molar-refractivity contribution in [1.29, 1.82) is 0 Å². The van der Waals surface area contributed by atoms with Gasteiger partial charge in [-0.25, -0.2) is 9.48 Å². The highest BCUT2D eigenvalue weighted by molar-refractivity contribution is 5.98. The summed E-state index contributed by atoms with van der Waals surface area (Å²) < 4.78 is 11.7. The Labute approximate surface area is 143 Å². The van der Waals surface area contributed by atoms with Crippen LogP contribution in [0.4, 0.5) is 0 Å². The Hall–Kier alpha value is -3.16. The van der Waals surface area contributed by atoms with Gasteiger partial charge in [-0.1, -0.05) is 18.2 Å². The van der Waals surface area contributed by atoms with E-state index in [0.29, 0.717) is 19.4 Å². The van der Waals surface area contributed by atoms with Crippen LogP contribution >= 0.6 is 0 Å². The van der Waals surface area contributed by atoms with Gasteiger partial charge in [0, 0.05) is 13.0 Å². The molecule has 0 aliphatic carbocycles. The average Bonchev–Trinajstić information content (AvgIpc) is 3.26. The SMILES string of the molecule is COc1cn(-c2ccccc2)nc1C(=O)OCC(=O)N1CCCC1=O. The summed E-state index contributed by atoms with van der Waals surface area (Å²) in [5.74, 6) is -1.32. The van der Waals surface area contributed by atoms with Crippen molar-refractivity contribution in [3.8, 4) is 11.4 Å². The van der Waals surface area contributed by atoms with Crippen molar-refractivity contribution < 1.29 is 23.9 Å². The zero-order valence-electron chi connectivity index (χ0n) is 13.7. The third-order valence-electron chi connectivity index (χ3n) is 3.82. The summed E-state index contributed by atoms with van der Waals surface area (Å²) in [7, 11) is 1.41. The van der Waals surface area contributed by atoms with Crippen molar-refractivity contribution in [2.24, 2.45) is 0 Å².